The molecule has 0 saturated heterocycles. The molecule has 0 aromatic heterocycles. The maximum absolute atomic E-state index is 12.5. The minimum Gasteiger partial charge on any atom is -0.460 e. The van der Waals surface area contributed by atoms with Crippen LogP contribution in [0.2, 0.25) is 0 Å². The molecule has 0 aromatic carbocycles. The van der Waals surface area contributed by atoms with Crippen LogP contribution in [0.3, 0.4) is 0 Å². The molecular formula is C18H30O7. The van der Waals surface area contributed by atoms with Gasteiger partial charge in [-0.25, -0.2) is 4.79 Å². The first kappa shape index (κ1) is 23.4. The molecular weight excluding hydrogens is 328 g/mol. The summed E-state index contributed by atoms with van der Waals surface area (Å²) in [6.45, 7) is 14.0. The summed E-state index contributed by atoms with van der Waals surface area (Å²) in [6, 6.07) is 0. The average Bonchev–Trinajstić information content (AvgIpc) is 2.48. The van der Waals surface area contributed by atoms with Crippen molar-refractivity contribution in [3.8, 4) is 0 Å². The maximum Gasteiger partial charge on any atom is 0.333 e. The number of ketones is 2. The van der Waals surface area contributed by atoms with Gasteiger partial charge < -0.3 is 19.3 Å². The van der Waals surface area contributed by atoms with Gasteiger partial charge in [0.2, 0.25) is 0 Å². The number of carbonyl (C=O) groups excluding carboxylic acids is 3. The Labute approximate surface area is 149 Å². The third-order valence-electron chi connectivity index (χ3n) is 3.53. The van der Waals surface area contributed by atoms with E-state index in [0.29, 0.717) is 0 Å². The van der Waals surface area contributed by atoms with Crippen molar-refractivity contribution in [3.63, 3.8) is 0 Å². The van der Waals surface area contributed by atoms with Gasteiger partial charge >= 0.3 is 5.97 Å². The molecule has 0 saturated carbocycles. The minimum atomic E-state index is -1.31. The summed E-state index contributed by atoms with van der Waals surface area (Å²) in [4.78, 5) is 35.7. The number of hydrogen-bond donors (Lipinski definition) is 1. The minimum absolute atomic E-state index is 0.0103. The number of aliphatic hydroxyl groups is 1. The van der Waals surface area contributed by atoms with E-state index in [4.69, 9.17) is 14.2 Å². The Kier molecular flexibility index (Phi) is 8.64. The van der Waals surface area contributed by atoms with Crippen LogP contribution in [0.1, 0.15) is 48.5 Å². The Balaban J connectivity index is 4.65. The highest BCUT2D eigenvalue weighted by molar-refractivity contribution is 5.92. The second-order valence-electron chi connectivity index (χ2n) is 6.95. The zero-order valence-electron chi connectivity index (χ0n) is 16.2. The lowest BCUT2D eigenvalue weighted by atomic mass is 9.96. The molecule has 0 spiro atoms. The lowest BCUT2D eigenvalue weighted by molar-refractivity contribution is -0.170. The van der Waals surface area contributed by atoms with Gasteiger partial charge in [0, 0.05) is 5.57 Å². The fourth-order valence-electron chi connectivity index (χ4n) is 2.17. The molecule has 0 aliphatic carbocycles. The van der Waals surface area contributed by atoms with Crippen LogP contribution in [-0.2, 0) is 28.6 Å². The molecule has 0 heterocycles. The molecule has 0 rings (SSSR count). The SMILES string of the molecule is C=C(C)C(=O)OCCOC(C)(C)C(=O)C(C)OC(C)(C)C(=O)C(C)O. The number of carbonyl (C=O) groups is 3. The van der Waals surface area contributed by atoms with E-state index in [1.54, 1.807) is 13.8 Å². The fourth-order valence-corrected chi connectivity index (χ4v) is 2.17. The Morgan fingerprint density at radius 3 is 1.96 bits per heavy atom. The summed E-state index contributed by atoms with van der Waals surface area (Å²) < 4.78 is 15.9. The molecule has 25 heavy (non-hydrogen) atoms. The van der Waals surface area contributed by atoms with E-state index in [1.807, 2.05) is 0 Å². The quantitative estimate of drug-likeness (QED) is 0.340. The summed E-state index contributed by atoms with van der Waals surface area (Å²) in [7, 11) is 0. The second-order valence-corrected chi connectivity index (χ2v) is 6.95. The highest BCUT2D eigenvalue weighted by atomic mass is 16.6. The van der Waals surface area contributed by atoms with Crippen LogP contribution in [-0.4, -0.2) is 59.3 Å². The predicted octanol–water partition coefficient (Wildman–Crippen LogP) is 1.60. The molecule has 0 amide bonds. The fraction of sp³-hybridized carbons (Fsp3) is 0.722. The van der Waals surface area contributed by atoms with Gasteiger partial charge in [-0.2, -0.15) is 0 Å². The predicted molar refractivity (Wildman–Crippen MR) is 92.1 cm³/mol. The number of hydrogen-bond acceptors (Lipinski definition) is 7. The van der Waals surface area contributed by atoms with Crippen molar-refractivity contribution in [2.45, 2.75) is 71.9 Å². The number of Topliss-reactive ketones (excluding diaryl/α,β-unsaturated/α-hetero) is 2. The van der Waals surface area contributed by atoms with Gasteiger partial charge in [0.05, 0.1) is 6.61 Å². The third-order valence-corrected chi connectivity index (χ3v) is 3.53. The monoisotopic (exact) mass is 358 g/mol. The zero-order valence-corrected chi connectivity index (χ0v) is 16.2. The van der Waals surface area contributed by atoms with Crippen LogP contribution in [0.25, 0.3) is 0 Å². The highest BCUT2D eigenvalue weighted by Gasteiger charge is 2.39. The molecule has 0 radical (unpaired) electrons. The van der Waals surface area contributed by atoms with E-state index in [9.17, 15) is 19.5 Å². The highest BCUT2D eigenvalue weighted by Crippen LogP contribution is 2.21. The molecule has 2 atom stereocenters. The maximum atomic E-state index is 12.5. The lowest BCUT2D eigenvalue weighted by Crippen LogP contribution is -2.49. The number of aliphatic hydroxyl groups excluding tert-OH is 1. The summed E-state index contributed by atoms with van der Waals surface area (Å²) in [5.74, 6) is -1.41. The second kappa shape index (κ2) is 9.22. The van der Waals surface area contributed by atoms with Gasteiger partial charge in [0.25, 0.3) is 0 Å². The van der Waals surface area contributed by atoms with Crippen LogP contribution >= 0.6 is 0 Å². The Hall–Kier alpha value is -1.57. The molecule has 2 unspecified atom stereocenters. The molecule has 0 fully saturated rings. The normalized spacial score (nSPS) is 14.6. The first-order chi connectivity index (χ1) is 11.2. The van der Waals surface area contributed by atoms with Gasteiger partial charge in [-0.05, 0) is 48.5 Å². The molecule has 0 aliphatic rings. The van der Waals surface area contributed by atoms with E-state index < -0.39 is 35.2 Å². The number of rotatable bonds is 11. The van der Waals surface area contributed by atoms with Gasteiger partial charge in [0.15, 0.2) is 11.6 Å². The summed E-state index contributed by atoms with van der Waals surface area (Å²) in [5.41, 5.74) is -2.22. The molecule has 7 nitrogen and oxygen atoms in total. The van der Waals surface area contributed by atoms with Crippen molar-refractivity contribution in [2.24, 2.45) is 0 Å². The van der Waals surface area contributed by atoms with Crippen molar-refractivity contribution in [2.75, 3.05) is 13.2 Å². The Morgan fingerprint density at radius 1 is 1.00 bits per heavy atom. The van der Waals surface area contributed by atoms with Crippen molar-refractivity contribution < 1.29 is 33.7 Å². The molecule has 1 N–H and O–H groups in total. The van der Waals surface area contributed by atoms with Crippen LogP contribution in [0.4, 0.5) is 0 Å². The van der Waals surface area contributed by atoms with Crippen molar-refractivity contribution in [3.05, 3.63) is 12.2 Å². The molecule has 144 valence electrons. The molecule has 0 aliphatic heterocycles. The van der Waals surface area contributed by atoms with Crippen LogP contribution in [0, 0.1) is 0 Å². The average molecular weight is 358 g/mol. The Bertz CT molecular complexity index is 518. The smallest absolute Gasteiger partial charge is 0.333 e. The Morgan fingerprint density at radius 2 is 1.52 bits per heavy atom. The topological polar surface area (TPSA) is 99.1 Å². The van der Waals surface area contributed by atoms with Crippen LogP contribution in [0.5, 0.6) is 0 Å². The van der Waals surface area contributed by atoms with Gasteiger partial charge in [-0.15, -0.1) is 0 Å². The largest absolute Gasteiger partial charge is 0.460 e. The van der Waals surface area contributed by atoms with Gasteiger partial charge in [0.1, 0.15) is 30.0 Å². The van der Waals surface area contributed by atoms with Crippen molar-refractivity contribution in [1.82, 2.24) is 0 Å². The standard InChI is InChI=1S/C18H30O7/c1-11(2)16(22)23-9-10-24-17(5,6)15(21)13(4)25-18(7,8)14(20)12(3)19/h12-13,19H,1,9-10H2,2-8H3. The van der Waals surface area contributed by atoms with Gasteiger partial charge in [-0.1, -0.05) is 6.58 Å². The van der Waals surface area contributed by atoms with E-state index in [2.05, 4.69) is 6.58 Å². The van der Waals surface area contributed by atoms with Crippen molar-refractivity contribution >= 4 is 17.5 Å². The number of ether oxygens (including phenoxy) is 3. The number of esters is 1. The molecule has 7 heteroatoms. The first-order valence-corrected chi connectivity index (χ1v) is 8.13. The third kappa shape index (κ3) is 7.46. The van der Waals surface area contributed by atoms with Crippen LogP contribution < -0.4 is 0 Å². The van der Waals surface area contributed by atoms with Crippen molar-refractivity contribution in [1.29, 1.82) is 0 Å². The summed E-state index contributed by atoms with van der Waals surface area (Å²) >= 11 is 0. The zero-order chi connectivity index (χ0) is 20.0. The van der Waals surface area contributed by atoms with Crippen LogP contribution in [0.15, 0.2) is 12.2 Å². The summed E-state index contributed by atoms with van der Waals surface area (Å²) in [5, 5.41) is 9.41. The van der Waals surface area contributed by atoms with E-state index in [0.717, 1.165) is 0 Å². The van der Waals surface area contributed by atoms with E-state index >= 15 is 0 Å². The lowest BCUT2D eigenvalue weighted by Gasteiger charge is -2.32. The molecule has 0 aromatic rings. The first-order valence-electron chi connectivity index (χ1n) is 8.13. The van der Waals surface area contributed by atoms with E-state index in [-0.39, 0.29) is 24.6 Å². The van der Waals surface area contributed by atoms with E-state index in [1.165, 1.54) is 34.6 Å². The summed E-state index contributed by atoms with van der Waals surface area (Å²) in [6.07, 6.45) is -2.12. The van der Waals surface area contributed by atoms with Gasteiger partial charge in [-0.3, -0.25) is 9.59 Å². The molecule has 0 bridgehead atoms.